The van der Waals surface area contributed by atoms with E-state index in [2.05, 4.69) is 24.5 Å². The maximum absolute atomic E-state index is 12.3. The lowest BCUT2D eigenvalue weighted by molar-refractivity contribution is -0.118. The second-order valence-electron chi connectivity index (χ2n) is 6.71. The Balaban J connectivity index is 1.90. The van der Waals surface area contributed by atoms with Crippen LogP contribution in [0, 0.1) is 0 Å². The molecule has 0 atom stereocenters. The topological polar surface area (TPSA) is 76.7 Å². The van der Waals surface area contributed by atoms with E-state index in [1.54, 1.807) is 31.4 Å². The monoisotopic (exact) mass is 384 g/mol. The largest absolute Gasteiger partial charge is 0.484 e. The maximum Gasteiger partial charge on any atom is 0.262 e. The van der Waals surface area contributed by atoms with Crippen molar-refractivity contribution in [3.63, 3.8) is 0 Å². The zero-order chi connectivity index (χ0) is 20.4. The zero-order valence-corrected chi connectivity index (χ0v) is 16.7. The number of benzene rings is 2. The fraction of sp³-hybridized carbons (Fsp3) is 0.364. The number of anilines is 1. The van der Waals surface area contributed by atoms with Crippen LogP contribution in [0.15, 0.2) is 48.5 Å². The lowest BCUT2D eigenvalue weighted by atomic mass is 10.0. The van der Waals surface area contributed by atoms with Crippen LogP contribution in [-0.4, -0.2) is 38.7 Å². The van der Waals surface area contributed by atoms with Gasteiger partial charge in [0.25, 0.3) is 11.8 Å². The van der Waals surface area contributed by atoms with E-state index in [0.29, 0.717) is 36.1 Å². The Hall–Kier alpha value is -2.86. The number of para-hydroxylation sites is 1. The van der Waals surface area contributed by atoms with Gasteiger partial charge in [-0.15, -0.1) is 0 Å². The molecule has 0 unspecified atom stereocenters. The molecule has 150 valence electrons. The van der Waals surface area contributed by atoms with Crippen LogP contribution in [0.5, 0.6) is 5.75 Å². The van der Waals surface area contributed by atoms with Crippen molar-refractivity contribution >= 4 is 17.5 Å². The van der Waals surface area contributed by atoms with Crippen molar-refractivity contribution in [2.24, 2.45) is 0 Å². The molecule has 6 nitrogen and oxygen atoms in total. The van der Waals surface area contributed by atoms with E-state index in [9.17, 15) is 9.59 Å². The summed E-state index contributed by atoms with van der Waals surface area (Å²) >= 11 is 0. The first kappa shape index (κ1) is 21.4. The number of hydrogen-bond donors (Lipinski definition) is 2. The van der Waals surface area contributed by atoms with E-state index in [0.717, 1.165) is 6.42 Å². The summed E-state index contributed by atoms with van der Waals surface area (Å²) in [6.07, 6.45) is 0.722. The summed E-state index contributed by atoms with van der Waals surface area (Å²) in [5.74, 6) is 0.503. The molecule has 28 heavy (non-hydrogen) atoms. The van der Waals surface area contributed by atoms with E-state index in [1.807, 2.05) is 24.3 Å². The first-order chi connectivity index (χ1) is 13.5. The lowest BCUT2D eigenvalue weighted by Gasteiger charge is -2.12. The second-order valence-corrected chi connectivity index (χ2v) is 6.71. The molecule has 0 radical (unpaired) electrons. The molecule has 2 N–H and O–H groups in total. The van der Waals surface area contributed by atoms with Crippen LogP contribution in [0.3, 0.4) is 0 Å². The smallest absolute Gasteiger partial charge is 0.262 e. The Morgan fingerprint density at radius 3 is 2.43 bits per heavy atom. The highest BCUT2D eigenvalue weighted by Crippen LogP contribution is 2.19. The number of ether oxygens (including phenoxy) is 2. The summed E-state index contributed by atoms with van der Waals surface area (Å²) in [6.45, 7) is 5.19. The molecule has 0 aliphatic carbocycles. The van der Waals surface area contributed by atoms with Crippen molar-refractivity contribution in [2.75, 3.05) is 32.2 Å². The first-order valence-corrected chi connectivity index (χ1v) is 9.40. The van der Waals surface area contributed by atoms with Gasteiger partial charge in [0.15, 0.2) is 6.61 Å². The van der Waals surface area contributed by atoms with Gasteiger partial charge in [-0.05, 0) is 42.2 Å². The van der Waals surface area contributed by atoms with Crippen molar-refractivity contribution in [3.05, 3.63) is 59.7 Å². The number of nitrogens with one attached hydrogen (secondary N) is 2. The Morgan fingerprint density at radius 2 is 1.75 bits per heavy atom. The van der Waals surface area contributed by atoms with Gasteiger partial charge < -0.3 is 20.1 Å². The van der Waals surface area contributed by atoms with Gasteiger partial charge in [-0.25, -0.2) is 0 Å². The van der Waals surface area contributed by atoms with Gasteiger partial charge in [0.2, 0.25) is 0 Å². The third-order valence-corrected chi connectivity index (χ3v) is 4.17. The van der Waals surface area contributed by atoms with Crippen molar-refractivity contribution in [1.82, 2.24) is 5.32 Å². The number of hydrogen-bond acceptors (Lipinski definition) is 4. The molecule has 2 aromatic rings. The predicted molar refractivity (Wildman–Crippen MR) is 110 cm³/mol. The second kappa shape index (κ2) is 11.1. The lowest BCUT2D eigenvalue weighted by Crippen LogP contribution is -2.27. The summed E-state index contributed by atoms with van der Waals surface area (Å²) < 4.78 is 10.5. The summed E-state index contributed by atoms with van der Waals surface area (Å²) in [7, 11) is 1.62. The third-order valence-electron chi connectivity index (χ3n) is 4.17. The molecule has 6 heteroatoms. The van der Waals surface area contributed by atoms with Gasteiger partial charge in [-0.3, -0.25) is 9.59 Å². The maximum atomic E-state index is 12.3. The van der Waals surface area contributed by atoms with E-state index in [-0.39, 0.29) is 18.4 Å². The van der Waals surface area contributed by atoms with Gasteiger partial charge in [0.05, 0.1) is 11.3 Å². The summed E-state index contributed by atoms with van der Waals surface area (Å²) in [6, 6.07) is 14.6. The minimum atomic E-state index is -0.326. The Labute approximate surface area is 166 Å². The number of rotatable bonds is 10. The van der Waals surface area contributed by atoms with Gasteiger partial charge in [0.1, 0.15) is 5.75 Å². The number of amides is 2. The van der Waals surface area contributed by atoms with Crippen molar-refractivity contribution < 1.29 is 19.1 Å². The molecule has 0 saturated heterocycles. The fourth-order valence-electron chi connectivity index (χ4n) is 2.59. The van der Waals surface area contributed by atoms with Crippen molar-refractivity contribution in [3.8, 4) is 5.75 Å². The molecule has 0 saturated carbocycles. The minimum Gasteiger partial charge on any atom is -0.484 e. The van der Waals surface area contributed by atoms with Crippen LogP contribution in [0.25, 0.3) is 0 Å². The highest BCUT2D eigenvalue weighted by atomic mass is 16.5. The number of carbonyl (C=O) groups is 2. The van der Waals surface area contributed by atoms with Crippen LogP contribution in [0.1, 0.15) is 42.1 Å². The SMILES string of the molecule is COCCCNC(=O)c1ccccc1NC(=O)COc1ccc(C(C)C)cc1. The van der Waals surface area contributed by atoms with Crippen molar-refractivity contribution in [2.45, 2.75) is 26.2 Å². The molecule has 0 heterocycles. The Morgan fingerprint density at radius 1 is 1.04 bits per heavy atom. The molecular weight excluding hydrogens is 356 g/mol. The normalized spacial score (nSPS) is 10.6. The molecule has 0 bridgehead atoms. The van der Waals surface area contributed by atoms with Crippen LogP contribution < -0.4 is 15.4 Å². The highest BCUT2D eigenvalue weighted by molar-refractivity contribution is 6.04. The number of carbonyl (C=O) groups excluding carboxylic acids is 2. The van der Waals surface area contributed by atoms with E-state index in [4.69, 9.17) is 9.47 Å². The Kier molecular flexibility index (Phi) is 8.49. The summed E-state index contributed by atoms with van der Waals surface area (Å²) in [5, 5.41) is 5.56. The van der Waals surface area contributed by atoms with Gasteiger partial charge in [-0.1, -0.05) is 38.1 Å². The van der Waals surface area contributed by atoms with Gasteiger partial charge in [0, 0.05) is 20.3 Å². The van der Waals surface area contributed by atoms with E-state index in [1.165, 1.54) is 5.56 Å². The standard InChI is InChI=1S/C22H28N2O4/c1-16(2)17-9-11-18(12-10-17)28-15-21(25)24-20-8-5-4-7-19(20)22(26)23-13-6-14-27-3/h4-5,7-12,16H,6,13-15H2,1-3H3,(H,23,26)(H,24,25). The van der Waals surface area contributed by atoms with Crippen LogP contribution in [-0.2, 0) is 9.53 Å². The van der Waals surface area contributed by atoms with Crippen LogP contribution in [0.4, 0.5) is 5.69 Å². The zero-order valence-electron chi connectivity index (χ0n) is 16.7. The summed E-state index contributed by atoms with van der Waals surface area (Å²) in [5.41, 5.74) is 2.08. The molecule has 2 aromatic carbocycles. The number of methoxy groups -OCH3 is 1. The van der Waals surface area contributed by atoms with Gasteiger partial charge in [-0.2, -0.15) is 0 Å². The molecule has 0 spiro atoms. The van der Waals surface area contributed by atoms with Crippen molar-refractivity contribution in [1.29, 1.82) is 0 Å². The van der Waals surface area contributed by atoms with Crippen LogP contribution >= 0.6 is 0 Å². The third kappa shape index (κ3) is 6.70. The molecular formula is C22H28N2O4. The molecule has 2 amide bonds. The average Bonchev–Trinajstić information content (AvgIpc) is 2.70. The minimum absolute atomic E-state index is 0.134. The average molecular weight is 384 g/mol. The molecule has 0 aliphatic heterocycles. The van der Waals surface area contributed by atoms with E-state index >= 15 is 0 Å². The van der Waals surface area contributed by atoms with E-state index < -0.39 is 0 Å². The van der Waals surface area contributed by atoms with Gasteiger partial charge >= 0.3 is 0 Å². The predicted octanol–water partition coefficient (Wildman–Crippen LogP) is 3.59. The quantitative estimate of drug-likeness (QED) is 0.614. The molecule has 0 fully saturated rings. The molecule has 0 aliphatic rings. The first-order valence-electron chi connectivity index (χ1n) is 9.40. The fourth-order valence-corrected chi connectivity index (χ4v) is 2.59. The molecule has 2 rings (SSSR count). The highest BCUT2D eigenvalue weighted by Gasteiger charge is 2.13. The van der Waals surface area contributed by atoms with Crippen LogP contribution in [0.2, 0.25) is 0 Å². The summed E-state index contributed by atoms with van der Waals surface area (Å²) in [4.78, 5) is 24.6. The molecule has 0 aromatic heterocycles. The Bertz CT molecular complexity index is 772.